The number of hydrogen-bond acceptors (Lipinski definition) is 4. The average molecular weight is 434 g/mol. The molecule has 0 aliphatic heterocycles. The lowest BCUT2D eigenvalue weighted by atomic mass is 10.1. The summed E-state index contributed by atoms with van der Waals surface area (Å²) in [5.41, 5.74) is 4.22. The second kappa shape index (κ2) is 8.94. The van der Waals surface area contributed by atoms with E-state index in [-0.39, 0.29) is 5.91 Å². The molecule has 0 bridgehead atoms. The zero-order chi connectivity index (χ0) is 22.0. The van der Waals surface area contributed by atoms with Crippen molar-refractivity contribution in [1.82, 2.24) is 14.7 Å². The largest absolute Gasteiger partial charge is 0.489 e. The minimum absolute atomic E-state index is 0.0185. The molecule has 0 fully saturated rings. The monoisotopic (exact) mass is 433 g/mol. The maximum atomic E-state index is 13.0. The van der Waals surface area contributed by atoms with E-state index < -0.39 is 0 Å². The van der Waals surface area contributed by atoms with E-state index >= 15 is 0 Å². The van der Waals surface area contributed by atoms with Crippen molar-refractivity contribution in [2.24, 2.45) is 0 Å². The molecule has 2 heterocycles. The van der Waals surface area contributed by atoms with Gasteiger partial charge in [0.25, 0.3) is 5.91 Å². The second-order valence-corrected chi connectivity index (χ2v) is 8.65. The first-order chi connectivity index (χ1) is 15.0. The van der Waals surface area contributed by atoms with Crippen molar-refractivity contribution in [3.05, 3.63) is 81.3 Å². The zero-order valence-corrected chi connectivity index (χ0v) is 19.2. The average Bonchev–Trinajstić information content (AvgIpc) is 3.36. The topological polar surface area (TPSA) is 47.4 Å². The third-order valence-electron chi connectivity index (χ3n) is 5.56. The Morgan fingerprint density at radius 3 is 2.65 bits per heavy atom. The van der Waals surface area contributed by atoms with Crippen LogP contribution < -0.4 is 4.74 Å². The second-order valence-electron chi connectivity index (χ2n) is 7.74. The molecule has 0 N–H and O–H groups in total. The van der Waals surface area contributed by atoms with Crippen LogP contribution in [0.5, 0.6) is 5.75 Å². The summed E-state index contributed by atoms with van der Waals surface area (Å²) in [6, 6.07) is 16.2. The molecule has 0 spiro atoms. The van der Waals surface area contributed by atoms with Gasteiger partial charge in [-0.15, -0.1) is 11.3 Å². The first-order valence-electron chi connectivity index (χ1n) is 10.4. The predicted molar refractivity (Wildman–Crippen MR) is 126 cm³/mol. The fourth-order valence-electron chi connectivity index (χ4n) is 3.76. The van der Waals surface area contributed by atoms with Crippen LogP contribution in [0.1, 0.15) is 39.1 Å². The number of fused-ring (bicyclic) bond motifs is 1. The Labute approximate surface area is 186 Å². The number of amides is 1. The van der Waals surface area contributed by atoms with Gasteiger partial charge in [-0.05, 0) is 55.1 Å². The van der Waals surface area contributed by atoms with Gasteiger partial charge in [0.05, 0.1) is 10.6 Å². The first-order valence-corrected chi connectivity index (χ1v) is 11.3. The zero-order valence-electron chi connectivity index (χ0n) is 18.4. The van der Waals surface area contributed by atoms with Crippen LogP contribution in [0.25, 0.3) is 10.8 Å². The van der Waals surface area contributed by atoms with E-state index in [9.17, 15) is 4.79 Å². The lowest BCUT2D eigenvalue weighted by molar-refractivity contribution is 0.0789. The Hall–Kier alpha value is -3.12. The Bertz CT molecular complexity index is 1220. The molecule has 0 atom stereocenters. The standard InChI is InChI=1S/C25H27N3O2S/c1-5-28-18(3)23(17(2)26-28)14-27(4)25(29)24-12-19(16-31-24)15-30-22-11-10-20-8-6-7-9-21(20)13-22/h6-13,16H,5,14-15H2,1-4H3. The van der Waals surface area contributed by atoms with Gasteiger partial charge in [0.15, 0.2) is 0 Å². The number of aromatic nitrogens is 2. The van der Waals surface area contributed by atoms with Crippen molar-refractivity contribution >= 4 is 28.0 Å². The van der Waals surface area contributed by atoms with Crippen LogP contribution in [0.2, 0.25) is 0 Å². The normalized spacial score (nSPS) is 11.1. The highest BCUT2D eigenvalue weighted by Gasteiger charge is 2.18. The number of thiophene rings is 1. The maximum absolute atomic E-state index is 13.0. The number of carbonyl (C=O) groups is 1. The summed E-state index contributed by atoms with van der Waals surface area (Å²) in [7, 11) is 1.84. The molecule has 1 amide bonds. The molecule has 0 saturated carbocycles. The number of rotatable bonds is 7. The summed E-state index contributed by atoms with van der Waals surface area (Å²) < 4.78 is 7.95. The van der Waals surface area contributed by atoms with E-state index in [1.54, 1.807) is 4.90 Å². The molecule has 0 aliphatic rings. The summed E-state index contributed by atoms with van der Waals surface area (Å²) in [4.78, 5) is 15.4. The van der Waals surface area contributed by atoms with Crippen LogP contribution in [-0.4, -0.2) is 27.6 Å². The first kappa shape index (κ1) is 21.1. The molecule has 160 valence electrons. The van der Waals surface area contributed by atoms with Gasteiger partial charge in [0.2, 0.25) is 0 Å². The Balaban J connectivity index is 1.40. The van der Waals surface area contributed by atoms with Crippen LogP contribution in [0.3, 0.4) is 0 Å². The molecular weight excluding hydrogens is 406 g/mol. The van der Waals surface area contributed by atoms with Crippen molar-refractivity contribution < 1.29 is 9.53 Å². The summed E-state index contributed by atoms with van der Waals surface area (Å²) in [5, 5.41) is 8.89. The van der Waals surface area contributed by atoms with Crippen LogP contribution in [0, 0.1) is 13.8 Å². The molecule has 0 saturated heterocycles. The van der Waals surface area contributed by atoms with Gasteiger partial charge in [-0.2, -0.15) is 5.10 Å². The minimum Gasteiger partial charge on any atom is -0.489 e. The molecule has 0 radical (unpaired) electrons. The maximum Gasteiger partial charge on any atom is 0.263 e. The summed E-state index contributed by atoms with van der Waals surface area (Å²) in [6.45, 7) is 7.95. The van der Waals surface area contributed by atoms with E-state index in [0.29, 0.717) is 13.2 Å². The number of nitrogens with zero attached hydrogens (tertiary/aromatic N) is 3. The molecular formula is C25H27N3O2S. The van der Waals surface area contributed by atoms with E-state index in [1.165, 1.54) is 16.7 Å². The van der Waals surface area contributed by atoms with Crippen molar-refractivity contribution in [2.45, 2.75) is 40.5 Å². The quantitative estimate of drug-likeness (QED) is 0.382. The fraction of sp³-hybridized carbons (Fsp3) is 0.280. The molecule has 4 aromatic rings. The molecule has 2 aromatic heterocycles. The highest BCUT2D eigenvalue weighted by Crippen LogP contribution is 2.24. The van der Waals surface area contributed by atoms with Gasteiger partial charge < -0.3 is 9.64 Å². The lowest BCUT2D eigenvalue weighted by Crippen LogP contribution is -2.26. The van der Waals surface area contributed by atoms with Crippen molar-refractivity contribution in [1.29, 1.82) is 0 Å². The molecule has 31 heavy (non-hydrogen) atoms. The smallest absolute Gasteiger partial charge is 0.263 e. The van der Waals surface area contributed by atoms with Gasteiger partial charge >= 0.3 is 0 Å². The predicted octanol–water partition coefficient (Wildman–Crippen LogP) is 5.59. The van der Waals surface area contributed by atoms with Gasteiger partial charge in [0, 0.05) is 37.0 Å². The number of carbonyl (C=O) groups excluding carboxylic acids is 1. The molecule has 6 heteroatoms. The van der Waals surface area contributed by atoms with Crippen LogP contribution in [-0.2, 0) is 19.7 Å². The van der Waals surface area contributed by atoms with Crippen LogP contribution in [0.15, 0.2) is 53.9 Å². The van der Waals surface area contributed by atoms with E-state index in [1.807, 2.05) is 54.4 Å². The Kier molecular flexibility index (Phi) is 6.09. The summed E-state index contributed by atoms with van der Waals surface area (Å²) >= 11 is 1.46. The number of benzene rings is 2. The third-order valence-corrected chi connectivity index (χ3v) is 6.53. The molecule has 2 aromatic carbocycles. The van der Waals surface area contributed by atoms with E-state index in [0.717, 1.165) is 45.1 Å². The molecule has 4 rings (SSSR count). The SMILES string of the molecule is CCn1nc(C)c(CN(C)C(=O)c2cc(COc3ccc4ccccc4c3)cs2)c1C. The highest BCUT2D eigenvalue weighted by molar-refractivity contribution is 7.12. The molecule has 0 unspecified atom stereocenters. The van der Waals surface area contributed by atoms with Crippen molar-refractivity contribution in [3.63, 3.8) is 0 Å². The Morgan fingerprint density at radius 2 is 1.90 bits per heavy atom. The van der Waals surface area contributed by atoms with Crippen molar-refractivity contribution in [2.75, 3.05) is 7.05 Å². The summed E-state index contributed by atoms with van der Waals surface area (Å²) in [6.07, 6.45) is 0. The number of hydrogen-bond donors (Lipinski definition) is 0. The van der Waals surface area contributed by atoms with Gasteiger partial charge in [-0.3, -0.25) is 9.48 Å². The molecule has 5 nitrogen and oxygen atoms in total. The van der Waals surface area contributed by atoms with Crippen LogP contribution in [0.4, 0.5) is 0 Å². The Morgan fingerprint density at radius 1 is 1.13 bits per heavy atom. The van der Waals surface area contributed by atoms with E-state index in [4.69, 9.17) is 4.74 Å². The fourth-order valence-corrected chi connectivity index (χ4v) is 4.65. The van der Waals surface area contributed by atoms with Crippen LogP contribution >= 0.6 is 11.3 Å². The number of aryl methyl sites for hydroxylation is 2. The lowest BCUT2D eigenvalue weighted by Gasteiger charge is -2.16. The van der Waals surface area contributed by atoms with Gasteiger partial charge in [-0.1, -0.05) is 30.3 Å². The van der Waals surface area contributed by atoms with E-state index in [2.05, 4.69) is 37.1 Å². The third kappa shape index (κ3) is 4.49. The number of ether oxygens (including phenoxy) is 1. The van der Waals surface area contributed by atoms with Gasteiger partial charge in [-0.25, -0.2) is 0 Å². The van der Waals surface area contributed by atoms with Gasteiger partial charge in [0.1, 0.15) is 12.4 Å². The molecule has 0 aliphatic carbocycles. The minimum atomic E-state index is 0.0185. The highest BCUT2D eigenvalue weighted by atomic mass is 32.1. The summed E-state index contributed by atoms with van der Waals surface area (Å²) in [5.74, 6) is 0.846. The van der Waals surface area contributed by atoms with Crippen molar-refractivity contribution in [3.8, 4) is 5.75 Å².